The SMILES string of the molecule is CC(=O)C1C[C@]2(CC(c3ccccc3)=NO2)CN1C(=O)OCC1c2ccccc2-c2ccccc21. The summed E-state index contributed by atoms with van der Waals surface area (Å²) in [5, 5.41) is 4.31. The molecule has 2 heterocycles. The van der Waals surface area contributed by atoms with Crippen molar-refractivity contribution in [1.29, 1.82) is 0 Å². The first-order valence-electron chi connectivity index (χ1n) is 12.0. The average molecular weight is 467 g/mol. The predicted octanol–water partition coefficient (Wildman–Crippen LogP) is 5.16. The van der Waals surface area contributed by atoms with E-state index < -0.39 is 17.7 Å². The smallest absolute Gasteiger partial charge is 0.410 e. The largest absolute Gasteiger partial charge is 0.448 e. The summed E-state index contributed by atoms with van der Waals surface area (Å²) in [6.45, 7) is 2.00. The van der Waals surface area contributed by atoms with E-state index in [9.17, 15) is 9.59 Å². The minimum atomic E-state index is -0.701. The molecule has 1 fully saturated rings. The van der Waals surface area contributed by atoms with Gasteiger partial charge in [0.05, 0.1) is 18.3 Å². The fraction of sp³-hybridized carbons (Fsp3) is 0.276. The number of ketones is 1. The standard InChI is InChI=1S/C29H26N2O4/c1-19(32)27-16-29(15-26(30-35-29)20-9-3-2-4-10-20)18-31(27)28(33)34-17-25-23-13-7-5-11-21(23)22-12-6-8-14-24(22)25/h2-14,25,27H,15-18H2,1H3/t27?,29-/m1/s1. The molecular formula is C29H26N2O4. The van der Waals surface area contributed by atoms with Crippen LogP contribution in [0.5, 0.6) is 0 Å². The second-order valence-corrected chi connectivity index (χ2v) is 9.62. The summed E-state index contributed by atoms with van der Waals surface area (Å²) in [6.07, 6.45) is 0.473. The van der Waals surface area contributed by atoms with Crippen LogP contribution in [0.3, 0.4) is 0 Å². The fourth-order valence-electron chi connectivity index (χ4n) is 5.68. The Kier molecular flexibility index (Phi) is 5.17. The summed E-state index contributed by atoms with van der Waals surface area (Å²) in [7, 11) is 0. The Morgan fingerprint density at radius 1 is 0.971 bits per heavy atom. The number of rotatable bonds is 4. The molecular weight excluding hydrogens is 440 g/mol. The molecule has 6 rings (SSSR count). The van der Waals surface area contributed by atoms with E-state index in [4.69, 9.17) is 9.57 Å². The zero-order valence-electron chi connectivity index (χ0n) is 19.5. The molecule has 1 saturated heterocycles. The van der Waals surface area contributed by atoms with Gasteiger partial charge in [-0.05, 0) is 34.7 Å². The predicted molar refractivity (Wildman–Crippen MR) is 132 cm³/mol. The molecule has 6 nitrogen and oxygen atoms in total. The summed E-state index contributed by atoms with van der Waals surface area (Å²) in [4.78, 5) is 33.2. The van der Waals surface area contributed by atoms with Crippen LogP contribution in [0.25, 0.3) is 11.1 Å². The van der Waals surface area contributed by atoms with Crippen LogP contribution < -0.4 is 0 Å². The summed E-state index contributed by atoms with van der Waals surface area (Å²) >= 11 is 0. The van der Waals surface area contributed by atoms with E-state index in [2.05, 4.69) is 29.4 Å². The van der Waals surface area contributed by atoms with Gasteiger partial charge in [0, 0.05) is 18.8 Å². The number of Topliss-reactive ketones (excluding diaryl/α,β-unsaturated/α-hetero) is 1. The van der Waals surface area contributed by atoms with Crippen LogP contribution in [-0.2, 0) is 14.4 Å². The summed E-state index contributed by atoms with van der Waals surface area (Å²) < 4.78 is 5.86. The molecule has 0 saturated carbocycles. The number of ether oxygens (including phenoxy) is 1. The number of oxime groups is 1. The average Bonchev–Trinajstić information content (AvgIpc) is 3.58. The highest BCUT2D eigenvalue weighted by Gasteiger charge is 2.53. The lowest BCUT2D eigenvalue weighted by molar-refractivity contribution is -0.121. The Morgan fingerprint density at radius 2 is 1.60 bits per heavy atom. The van der Waals surface area contributed by atoms with Crippen LogP contribution in [0.1, 0.15) is 42.4 Å². The molecule has 176 valence electrons. The summed E-state index contributed by atoms with van der Waals surface area (Å²) in [5.74, 6) is -0.110. The minimum Gasteiger partial charge on any atom is -0.448 e. The zero-order chi connectivity index (χ0) is 24.0. The van der Waals surface area contributed by atoms with Crippen LogP contribution in [0.2, 0.25) is 0 Å². The maximum absolute atomic E-state index is 13.3. The third-order valence-corrected chi connectivity index (χ3v) is 7.39. The van der Waals surface area contributed by atoms with Gasteiger partial charge in [-0.25, -0.2) is 4.79 Å². The van der Waals surface area contributed by atoms with E-state index in [0.29, 0.717) is 12.8 Å². The van der Waals surface area contributed by atoms with Gasteiger partial charge >= 0.3 is 6.09 Å². The van der Waals surface area contributed by atoms with Crippen molar-refractivity contribution in [2.75, 3.05) is 13.2 Å². The van der Waals surface area contributed by atoms with Crippen LogP contribution in [0.4, 0.5) is 4.79 Å². The van der Waals surface area contributed by atoms with E-state index in [1.165, 1.54) is 23.0 Å². The lowest BCUT2D eigenvalue weighted by atomic mass is 9.91. The number of carbonyl (C=O) groups excluding carboxylic acids is 2. The van der Waals surface area contributed by atoms with Crippen LogP contribution in [0, 0.1) is 0 Å². The molecule has 3 aliphatic rings. The Balaban J connectivity index is 1.19. The van der Waals surface area contributed by atoms with Gasteiger partial charge in [0.2, 0.25) is 0 Å². The van der Waals surface area contributed by atoms with Crippen LogP contribution >= 0.6 is 0 Å². The number of hydrogen-bond donors (Lipinski definition) is 0. The van der Waals surface area contributed by atoms with Crippen molar-refractivity contribution in [3.05, 3.63) is 95.6 Å². The molecule has 3 aromatic carbocycles. The van der Waals surface area contributed by atoms with Gasteiger partial charge in [0.1, 0.15) is 6.61 Å². The van der Waals surface area contributed by atoms with E-state index in [1.807, 2.05) is 54.6 Å². The summed E-state index contributed by atoms with van der Waals surface area (Å²) in [5.41, 5.74) is 5.79. The molecule has 1 aliphatic carbocycles. The Hall–Kier alpha value is -3.93. The second-order valence-electron chi connectivity index (χ2n) is 9.62. The molecule has 1 unspecified atom stereocenters. The van der Waals surface area contributed by atoms with E-state index in [-0.39, 0.29) is 24.9 Å². The number of hydrogen-bond acceptors (Lipinski definition) is 5. The van der Waals surface area contributed by atoms with Crippen molar-refractivity contribution in [3.63, 3.8) is 0 Å². The van der Waals surface area contributed by atoms with Gasteiger partial charge in [0.25, 0.3) is 0 Å². The van der Waals surface area contributed by atoms with E-state index in [0.717, 1.165) is 22.4 Å². The highest BCUT2D eigenvalue weighted by Crippen LogP contribution is 2.45. The van der Waals surface area contributed by atoms with Crippen LogP contribution in [0.15, 0.2) is 84.0 Å². The lowest BCUT2D eigenvalue weighted by Crippen LogP contribution is -2.41. The molecule has 1 amide bonds. The first kappa shape index (κ1) is 21.6. The lowest BCUT2D eigenvalue weighted by Gasteiger charge is -2.24. The van der Waals surface area contributed by atoms with E-state index in [1.54, 1.807) is 0 Å². The minimum absolute atomic E-state index is 0.0329. The van der Waals surface area contributed by atoms with Crippen molar-refractivity contribution in [3.8, 4) is 11.1 Å². The monoisotopic (exact) mass is 466 g/mol. The van der Waals surface area contributed by atoms with Gasteiger partial charge in [-0.15, -0.1) is 0 Å². The Bertz CT molecular complexity index is 1290. The normalized spacial score (nSPS) is 22.5. The van der Waals surface area contributed by atoms with Gasteiger partial charge < -0.3 is 9.57 Å². The van der Waals surface area contributed by atoms with E-state index >= 15 is 0 Å². The second kappa shape index (κ2) is 8.38. The number of amides is 1. The topological polar surface area (TPSA) is 68.2 Å². The molecule has 0 bridgehead atoms. The van der Waals surface area contributed by atoms with Crippen molar-refractivity contribution in [2.45, 2.75) is 37.3 Å². The number of likely N-dealkylation sites (tertiary alicyclic amines) is 1. The molecule has 2 aliphatic heterocycles. The molecule has 0 N–H and O–H groups in total. The highest BCUT2D eigenvalue weighted by molar-refractivity contribution is 6.02. The maximum Gasteiger partial charge on any atom is 0.410 e. The molecule has 3 aromatic rings. The van der Waals surface area contributed by atoms with Crippen molar-refractivity contribution in [2.24, 2.45) is 5.16 Å². The number of fused-ring (bicyclic) bond motifs is 3. The number of benzene rings is 3. The fourth-order valence-corrected chi connectivity index (χ4v) is 5.68. The molecule has 1 spiro atoms. The molecule has 2 atom stereocenters. The van der Waals surface area contributed by atoms with Gasteiger partial charge in [-0.3, -0.25) is 9.69 Å². The van der Waals surface area contributed by atoms with Gasteiger partial charge in [0.15, 0.2) is 11.4 Å². The third-order valence-electron chi connectivity index (χ3n) is 7.39. The summed E-state index contributed by atoms with van der Waals surface area (Å²) in [6, 6.07) is 25.7. The Morgan fingerprint density at radius 3 is 2.26 bits per heavy atom. The molecule has 0 radical (unpaired) electrons. The Labute approximate surface area is 204 Å². The van der Waals surface area contributed by atoms with Crippen LogP contribution in [-0.4, -0.2) is 47.3 Å². The maximum atomic E-state index is 13.3. The van der Waals surface area contributed by atoms with Crippen molar-refractivity contribution in [1.82, 2.24) is 4.90 Å². The van der Waals surface area contributed by atoms with Crippen molar-refractivity contribution >= 4 is 17.6 Å². The number of nitrogens with zero attached hydrogens (tertiary/aromatic N) is 2. The first-order valence-corrected chi connectivity index (χ1v) is 12.0. The number of carbonyl (C=O) groups is 2. The highest BCUT2D eigenvalue weighted by atomic mass is 16.7. The van der Waals surface area contributed by atoms with Crippen molar-refractivity contribution < 1.29 is 19.2 Å². The van der Waals surface area contributed by atoms with Gasteiger partial charge in [-0.2, -0.15) is 0 Å². The first-order chi connectivity index (χ1) is 17.0. The third kappa shape index (κ3) is 3.70. The molecule has 6 heteroatoms. The van der Waals surface area contributed by atoms with Gasteiger partial charge in [-0.1, -0.05) is 84.0 Å². The quantitative estimate of drug-likeness (QED) is 0.533. The molecule has 35 heavy (non-hydrogen) atoms. The zero-order valence-corrected chi connectivity index (χ0v) is 19.5. The molecule has 0 aromatic heterocycles.